The molecule has 0 saturated heterocycles. The largest absolute Gasteiger partial charge is 0.357 e. The molecule has 1 heterocycles. The average Bonchev–Trinajstić information content (AvgIpc) is 2.80. The van der Waals surface area contributed by atoms with Crippen molar-refractivity contribution >= 4 is 29.9 Å². The minimum Gasteiger partial charge on any atom is -0.357 e. The van der Waals surface area contributed by atoms with Crippen LogP contribution in [-0.4, -0.2) is 34.9 Å². The van der Waals surface area contributed by atoms with Gasteiger partial charge >= 0.3 is 0 Å². The fraction of sp³-hybridized carbons (Fsp3) is 0.733. The zero-order chi connectivity index (χ0) is 15.0. The SMILES string of the molecule is CCNC(=NCCCn1cc(C)cn1)NC(C)C(C)C.I. The van der Waals surface area contributed by atoms with Crippen molar-refractivity contribution in [3.63, 3.8) is 0 Å². The Balaban J connectivity index is 0.00000400. The van der Waals surface area contributed by atoms with Crippen molar-refractivity contribution in [1.82, 2.24) is 20.4 Å². The summed E-state index contributed by atoms with van der Waals surface area (Å²) in [5.41, 5.74) is 1.20. The predicted molar refractivity (Wildman–Crippen MR) is 100 cm³/mol. The highest BCUT2D eigenvalue weighted by molar-refractivity contribution is 14.0. The molecular weight excluding hydrogens is 377 g/mol. The van der Waals surface area contributed by atoms with Crippen LogP contribution in [0.25, 0.3) is 0 Å². The smallest absolute Gasteiger partial charge is 0.191 e. The van der Waals surface area contributed by atoms with Crippen molar-refractivity contribution < 1.29 is 0 Å². The monoisotopic (exact) mass is 407 g/mol. The quantitative estimate of drug-likeness (QED) is 0.316. The molecule has 21 heavy (non-hydrogen) atoms. The number of guanidine groups is 1. The van der Waals surface area contributed by atoms with E-state index in [0.29, 0.717) is 12.0 Å². The molecule has 1 aromatic heterocycles. The molecule has 0 spiro atoms. The molecular formula is C15H30IN5. The van der Waals surface area contributed by atoms with Crippen molar-refractivity contribution in [2.45, 2.75) is 53.6 Å². The Morgan fingerprint density at radius 1 is 1.38 bits per heavy atom. The second kappa shape index (κ2) is 10.9. The van der Waals surface area contributed by atoms with Crippen molar-refractivity contribution in [3.05, 3.63) is 18.0 Å². The summed E-state index contributed by atoms with van der Waals surface area (Å²) in [5.74, 6) is 1.50. The lowest BCUT2D eigenvalue weighted by Crippen LogP contribution is -2.44. The van der Waals surface area contributed by atoms with Crippen LogP contribution < -0.4 is 10.6 Å². The van der Waals surface area contributed by atoms with E-state index < -0.39 is 0 Å². The summed E-state index contributed by atoms with van der Waals surface area (Å²) in [6, 6.07) is 0.418. The summed E-state index contributed by atoms with van der Waals surface area (Å²) in [7, 11) is 0. The molecule has 122 valence electrons. The normalized spacial score (nSPS) is 13.0. The lowest BCUT2D eigenvalue weighted by molar-refractivity contribution is 0.480. The van der Waals surface area contributed by atoms with Crippen molar-refractivity contribution in [1.29, 1.82) is 0 Å². The fourth-order valence-electron chi connectivity index (χ4n) is 1.72. The van der Waals surface area contributed by atoms with E-state index in [0.717, 1.165) is 32.0 Å². The Labute approximate surface area is 146 Å². The number of aromatic nitrogens is 2. The summed E-state index contributed by atoms with van der Waals surface area (Å²) in [6.07, 6.45) is 4.95. The second-order valence-corrected chi connectivity index (χ2v) is 5.57. The van der Waals surface area contributed by atoms with E-state index in [1.807, 2.05) is 10.9 Å². The molecule has 0 amide bonds. The van der Waals surface area contributed by atoms with E-state index in [9.17, 15) is 0 Å². The highest BCUT2D eigenvalue weighted by atomic mass is 127. The van der Waals surface area contributed by atoms with Crippen LogP contribution in [0.4, 0.5) is 0 Å². The van der Waals surface area contributed by atoms with Crippen LogP contribution in [0.5, 0.6) is 0 Å². The van der Waals surface area contributed by atoms with Gasteiger partial charge in [0.2, 0.25) is 0 Å². The van der Waals surface area contributed by atoms with Crippen molar-refractivity contribution in [2.75, 3.05) is 13.1 Å². The van der Waals surface area contributed by atoms with Gasteiger partial charge in [-0.3, -0.25) is 9.67 Å². The van der Waals surface area contributed by atoms with Crippen molar-refractivity contribution in [3.8, 4) is 0 Å². The molecule has 5 nitrogen and oxygen atoms in total. The number of rotatable bonds is 7. The van der Waals surface area contributed by atoms with Crippen LogP contribution >= 0.6 is 24.0 Å². The molecule has 0 aliphatic rings. The van der Waals surface area contributed by atoms with Gasteiger partial charge in [-0.15, -0.1) is 24.0 Å². The number of hydrogen-bond donors (Lipinski definition) is 2. The average molecular weight is 407 g/mol. The number of aryl methyl sites for hydroxylation is 2. The number of nitrogens with one attached hydrogen (secondary N) is 2. The molecule has 1 unspecified atom stereocenters. The Morgan fingerprint density at radius 3 is 2.62 bits per heavy atom. The Hall–Kier alpha value is -0.790. The molecule has 1 aromatic rings. The van der Waals surface area contributed by atoms with Gasteiger partial charge in [0.05, 0.1) is 6.20 Å². The van der Waals surface area contributed by atoms with Gasteiger partial charge in [-0.2, -0.15) is 5.10 Å². The minimum atomic E-state index is 0. The van der Waals surface area contributed by atoms with Crippen LogP contribution in [0.15, 0.2) is 17.4 Å². The number of halogens is 1. The van der Waals surface area contributed by atoms with E-state index in [4.69, 9.17) is 0 Å². The molecule has 0 fully saturated rings. The van der Waals surface area contributed by atoms with Gasteiger partial charge < -0.3 is 10.6 Å². The Bertz CT molecular complexity index is 414. The van der Waals surface area contributed by atoms with Crippen LogP contribution in [0.3, 0.4) is 0 Å². The van der Waals surface area contributed by atoms with Gasteiger partial charge in [0, 0.05) is 31.9 Å². The van der Waals surface area contributed by atoms with E-state index in [-0.39, 0.29) is 24.0 Å². The third-order valence-corrected chi connectivity index (χ3v) is 3.29. The van der Waals surface area contributed by atoms with Crippen LogP contribution in [0.1, 0.15) is 39.7 Å². The number of aliphatic imine (C=N–C) groups is 1. The number of hydrogen-bond acceptors (Lipinski definition) is 2. The van der Waals surface area contributed by atoms with Gasteiger partial charge in [0.1, 0.15) is 0 Å². The predicted octanol–water partition coefficient (Wildman–Crippen LogP) is 2.80. The van der Waals surface area contributed by atoms with Crippen LogP contribution in [-0.2, 0) is 6.54 Å². The molecule has 0 aliphatic heterocycles. The summed E-state index contributed by atoms with van der Waals surface area (Å²) in [5, 5.41) is 11.0. The lowest BCUT2D eigenvalue weighted by atomic mass is 10.1. The van der Waals surface area contributed by atoms with E-state index in [2.05, 4.69) is 61.5 Å². The van der Waals surface area contributed by atoms with Gasteiger partial charge in [0.15, 0.2) is 5.96 Å². The van der Waals surface area contributed by atoms with Gasteiger partial charge in [0.25, 0.3) is 0 Å². The Kier molecular flexibility index (Phi) is 10.5. The maximum atomic E-state index is 4.61. The molecule has 6 heteroatoms. The zero-order valence-electron chi connectivity index (χ0n) is 13.9. The van der Waals surface area contributed by atoms with E-state index in [1.165, 1.54) is 5.56 Å². The van der Waals surface area contributed by atoms with Gasteiger partial charge in [-0.25, -0.2) is 0 Å². The van der Waals surface area contributed by atoms with Crippen LogP contribution in [0.2, 0.25) is 0 Å². The second-order valence-electron chi connectivity index (χ2n) is 5.57. The first-order valence-corrected chi connectivity index (χ1v) is 7.56. The fourth-order valence-corrected chi connectivity index (χ4v) is 1.72. The molecule has 0 aliphatic carbocycles. The minimum absolute atomic E-state index is 0. The lowest BCUT2D eigenvalue weighted by Gasteiger charge is -2.20. The molecule has 1 atom stereocenters. The van der Waals surface area contributed by atoms with Gasteiger partial charge in [-0.05, 0) is 38.7 Å². The first kappa shape index (κ1) is 20.2. The summed E-state index contributed by atoms with van der Waals surface area (Å²) >= 11 is 0. The highest BCUT2D eigenvalue weighted by Crippen LogP contribution is 2.00. The maximum absolute atomic E-state index is 4.61. The summed E-state index contributed by atoms with van der Waals surface area (Å²) in [6.45, 7) is 13.4. The Morgan fingerprint density at radius 2 is 2.10 bits per heavy atom. The van der Waals surface area contributed by atoms with Gasteiger partial charge in [-0.1, -0.05) is 13.8 Å². The zero-order valence-corrected chi connectivity index (χ0v) is 16.2. The molecule has 0 aromatic carbocycles. The molecule has 2 N–H and O–H groups in total. The third-order valence-electron chi connectivity index (χ3n) is 3.29. The number of nitrogens with zero attached hydrogens (tertiary/aromatic N) is 3. The summed E-state index contributed by atoms with van der Waals surface area (Å²) in [4.78, 5) is 4.61. The summed E-state index contributed by atoms with van der Waals surface area (Å²) < 4.78 is 1.97. The third kappa shape index (κ3) is 8.28. The van der Waals surface area contributed by atoms with Crippen LogP contribution in [0, 0.1) is 12.8 Å². The first-order chi connectivity index (χ1) is 9.52. The highest BCUT2D eigenvalue weighted by Gasteiger charge is 2.08. The molecule has 0 bridgehead atoms. The maximum Gasteiger partial charge on any atom is 0.191 e. The van der Waals surface area contributed by atoms with E-state index >= 15 is 0 Å². The topological polar surface area (TPSA) is 54.2 Å². The molecule has 1 rings (SSSR count). The molecule has 0 radical (unpaired) electrons. The molecule has 0 saturated carbocycles. The standard InChI is InChI=1S/C15H29N5.HI/c1-6-16-15(19-14(5)12(2)3)17-8-7-9-20-11-13(4)10-18-20;/h10-12,14H,6-9H2,1-5H3,(H2,16,17,19);1H. The van der Waals surface area contributed by atoms with E-state index in [1.54, 1.807) is 0 Å². The van der Waals surface area contributed by atoms with Crippen molar-refractivity contribution in [2.24, 2.45) is 10.9 Å². The first-order valence-electron chi connectivity index (χ1n) is 7.56.